The lowest BCUT2D eigenvalue weighted by atomic mass is 9.75. The lowest BCUT2D eigenvalue weighted by Gasteiger charge is -2.36. The predicted molar refractivity (Wildman–Crippen MR) is 75.2 cm³/mol. The van der Waals surface area contributed by atoms with Gasteiger partial charge in [0.25, 0.3) is 0 Å². The highest BCUT2D eigenvalue weighted by atomic mass is 14.9. The van der Waals surface area contributed by atoms with Crippen LogP contribution < -0.4 is 5.32 Å². The fraction of sp³-hybridized carbons (Fsp3) is 0.938. The Kier molecular flexibility index (Phi) is 5.06. The van der Waals surface area contributed by atoms with Gasteiger partial charge in [-0.25, -0.2) is 0 Å². The molecule has 18 heavy (non-hydrogen) atoms. The molecule has 2 nitrogen and oxygen atoms in total. The van der Waals surface area contributed by atoms with E-state index in [4.69, 9.17) is 0 Å². The van der Waals surface area contributed by atoms with Crippen LogP contribution in [0.3, 0.4) is 0 Å². The van der Waals surface area contributed by atoms with Gasteiger partial charge in [-0.3, -0.25) is 0 Å². The highest BCUT2D eigenvalue weighted by Gasteiger charge is 2.29. The standard InChI is InChI=1S/C16H28N2/c1-16(10-6-3-7-11-16)13-18-15-9-5-2-4-8-14(15)12-17/h14-15,18H,2-11,13H2,1H3. The van der Waals surface area contributed by atoms with E-state index in [9.17, 15) is 5.26 Å². The summed E-state index contributed by atoms with van der Waals surface area (Å²) in [4.78, 5) is 0. The van der Waals surface area contributed by atoms with Gasteiger partial charge in [0.2, 0.25) is 0 Å². The molecule has 1 N–H and O–H groups in total. The lowest BCUT2D eigenvalue weighted by molar-refractivity contribution is 0.192. The summed E-state index contributed by atoms with van der Waals surface area (Å²) in [7, 11) is 0. The Balaban J connectivity index is 1.85. The third-order valence-electron chi connectivity index (χ3n) is 5.03. The molecule has 0 aromatic rings. The molecule has 0 spiro atoms. The molecule has 0 aromatic heterocycles. The molecular formula is C16H28N2. The zero-order chi connectivity index (χ0) is 12.8. The van der Waals surface area contributed by atoms with E-state index in [1.54, 1.807) is 0 Å². The molecule has 2 saturated carbocycles. The lowest BCUT2D eigenvalue weighted by Crippen LogP contribution is -2.42. The first-order chi connectivity index (χ1) is 8.73. The SMILES string of the molecule is CC1(CNC2CCCCCC2C#N)CCCCC1. The van der Waals surface area contributed by atoms with Gasteiger partial charge in [0.05, 0.1) is 12.0 Å². The monoisotopic (exact) mass is 248 g/mol. The van der Waals surface area contributed by atoms with E-state index in [0.29, 0.717) is 11.5 Å². The summed E-state index contributed by atoms with van der Waals surface area (Å²) in [6, 6.07) is 2.99. The van der Waals surface area contributed by atoms with Crippen molar-refractivity contribution >= 4 is 0 Å². The van der Waals surface area contributed by atoms with Crippen LogP contribution in [-0.2, 0) is 0 Å². The van der Waals surface area contributed by atoms with Crippen LogP contribution in [0.4, 0.5) is 0 Å². The third kappa shape index (κ3) is 3.72. The molecule has 0 heterocycles. The van der Waals surface area contributed by atoms with Crippen molar-refractivity contribution in [2.24, 2.45) is 11.3 Å². The maximum absolute atomic E-state index is 9.30. The maximum Gasteiger partial charge on any atom is 0.0672 e. The van der Waals surface area contributed by atoms with Crippen LogP contribution in [0.1, 0.15) is 71.1 Å². The second-order valence-electron chi connectivity index (χ2n) is 6.73. The Bertz CT molecular complexity index is 286. The minimum atomic E-state index is 0.250. The highest BCUT2D eigenvalue weighted by molar-refractivity contribution is 4.94. The van der Waals surface area contributed by atoms with Gasteiger partial charge in [0.15, 0.2) is 0 Å². The first-order valence-corrected chi connectivity index (χ1v) is 7.87. The average molecular weight is 248 g/mol. The summed E-state index contributed by atoms with van der Waals surface area (Å²) in [5.74, 6) is 0.250. The molecule has 0 bridgehead atoms. The van der Waals surface area contributed by atoms with Gasteiger partial charge in [-0.1, -0.05) is 45.4 Å². The molecular weight excluding hydrogens is 220 g/mol. The van der Waals surface area contributed by atoms with Crippen molar-refractivity contribution in [3.05, 3.63) is 0 Å². The van der Waals surface area contributed by atoms with Gasteiger partial charge < -0.3 is 5.32 Å². The van der Waals surface area contributed by atoms with Gasteiger partial charge in [0, 0.05) is 12.6 Å². The molecule has 2 atom stereocenters. The molecule has 102 valence electrons. The van der Waals surface area contributed by atoms with Crippen LogP contribution >= 0.6 is 0 Å². The van der Waals surface area contributed by atoms with E-state index < -0.39 is 0 Å². The largest absolute Gasteiger partial charge is 0.312 e. The molecule has 0 aliphatic heterocycles. The van der Waals surface area contributed by atoms with E-state index in [2.05, 4.69) is 18.3 Å². The van der Waals surface area contributed by atoms with E-state index in [1.165, 1.54) is 57.8 Å². The Hall–Kier alpha value is -0.550. The first-order valence-electron chi connectivity index (χ1n) is 7.87. The summed E-state index contributed by atoms with van der Waals surface area (Å²) in [5, 5.41) is 13.0. The second kappa shape index (κ2) is 6.57. The van der Waals surface area contributed by atoms with Crippen LogP contribution in [0.2, 0.25) is 0 Å². The number of nitrogens with zero attached hydrogens (tertiary/aromatic N) is 1. The number of rotatable bonds is 3. The zero-order valence-electron chi connectivity index (χ0n) is 11.9. The molecule has 0 amide bonds. The second-order valence-corrected chi connectivity index (χ2v) is 6.73. The smallest absolute Gasteiger partial charge is 0.0672 e. The van der Waals surface area contributed by atoms with Crippen molar-refractivity contribution in [1.82, 2.24) is 5.32 Å². The van der Waals surface area contributed by atoms with Gasteiger partial charge in [-0.15, -0.1) is 0 Å². The number of nitriles is 1. The summed E-state index contributed by atoms with van der Waals surface area (Å²) < 4.78 is 0. The molecule has 2 rings (SSSR count). The Morgan fingerprint density at radius 2 is 1.72 bits per heavy atom. The predicted octanol–water partition coefficient (Wildman–Crippen LogP) is 4.02. The number of hydrogen-bond donors (Lipinski definition) is 1. The third-order valence-corrected chi connectivity index (χ3v) is 5.03. The van der Waals surface area contributed by atoms with Gasteiger partial charge in [0.1, 0.15) is 0 Å². The molecule has 2 unspecified atom stereocenters. The average Bonchev–Trinajstić information content (AvgIpc) is 2.62. The molecule has 0 radical (unpaired) electrons. The highest BCUT2D eigenvalue weighted by Crippen LogP contribution is 2.35. The van der Waals surface area contributed by atoms with E-state index in [-0.39, 0.29) is 5.92 Å². The minimum Gasteiger partial charge on any atom is -0.312 e. The summed E-state index contributed by atoms with van der Waals surface area (Å²) in [6.45, 7) is 3.55. The van der Waals surface area contributed by atoms with Crippen LogP contribution in [0.25, 0.3) is 0 Å². The minimum absolute atomic E-state index is 0.250. The van der Waals surface area contributed by atoms with Gasteiger partial charge >= 0.3 is 0 Å². The van der Waals surface area contributed by atoms with Crippen molar-refractivity contribution in [2.45, 2.75) is 77.2 Å². The van der Waals surface area contributed by atoms with E-state index in [0.717, 1.165) is 13.0 Å². The van der Waals surface area contributed by atoms with E-state index >= 15 is 0 Å². The normalized spacial score (nSPS) is 32.4. The van der Waals surface area contributed by atoms with Crippen molar-refractivity contribution < 1.29 is 0 Å². The van der Waals surface area contributed by atoms with Crippen LogP contribution in [0, 0.1) is 22.7 Å². The Morgan fingerprint density at radius 3 is 2.44 bits per heavy atom. The van der Waals surface area contributed by atoms with Crippen molar-refractivity contribution in [3.8, 4) is 6.07 Å². The van der Waals surface area contributed by atoms with Crippen molar-refractivity contribution in [1.29, 1.82) is 5.26 Å². The van der Waals surface area contributed by atoms with Gasteiger partial charge in [-0.2, -0.15) is 5.26 Å². The Labute approximate surface area is 112 Å². The first kappa shape index (κ1) is 13.9. The quantitative estimate of drug-likeness (QED) is 0.766. The molecule has 2 heteroatoms. The van der Waals surface area contributed by atoms with E-state index in [1.807, 2.05) is 0 Å². The van der Waals surface area contributed by atoms with Crippen LogP contribution in [-0.4, -0.2) is 12.6 Å². The van der Waals surface area contributed by atoms with Crippen LogP contribution in [0.15, 0.2) is 0 Å². The maximum atomic E-state index is 9.30. The molecule has 2 fully saturated rings. The Morgan fingerprint density at radius 1 is 1.06 bits per heavy atom. The molecule has 2 aliphatic carbocycles. The van der Waals surface area contributed by atoms with Crippen molar-refractivity contribution in [2.75, 3.05) is 6.54 Å². The molecule has 0 aromatic carbocycles. The summed E-state index contributed by atoms with van der Waals surface area (Å²) in [5.41, 5.74) is 0.491. The number of nitrogens with one attached hydrogen (secondary N) is 1. The fourth-order valence-electron chi connectivity index (χ4n) is 3.67. The summed E-state index contributed by atoms with van der Waals surface area (Å²) in [6.07, 6.45) is 13.1. The van der Waals surface area contributed by atoms with Crippen LogP contribution in [0.5, 0.6) is 0 Å². The fourth-order valence-corrected chi connectivity index (χ4v) is 3.67. The summed E-state index contributed by atoms with van der Waals surface area (Å²) >= 11 is 0. The van der Waals surface area contributed by atoms with Gasteiger partial charge in [-0.05, 0) is 31.1 Å². The number of hydrogen-bond acceptors (Lipinski definition) is 2. The van der Waals surface area contributed by atoms with Crippen molar-refractivity contribution in [3.63, 3.8) is 0 Å². The molecule has 2 aliphatic rings. The zero-order valence-corrected chi connectivity index (χ0v) is 11.9. The molecule has 0 saturated heterocycles. The topological polar surface area (TPSA) is 35.8 Å².